The summed E-state index contributed by atoms with van der Waals surface area (Å²) in [6.45, 7) is 0. The number of allylic oxidation sites excluding steroid dienone is 12. The maximum atomic E-state index is 6.53. The Labute approximate surface area is 220 Å². The van der Waals surface area contributed by atoms with Gasteiger partial charge in [-0.15, -0.1) is 0 Å². The smallest absolute Gasteiger partial charge is 0.0744 e. The van der Waals surface area contributed by atoms with Gasteiger partial charge in [0.05, 0.1) is 45.6 Å². The number of aliphatic imine (C=N–C) groups is 4. The lowest BCUT2D eigenvalue weighted by Gasteiger charge is -2.14. The number of anilines is 2. The van der Waals surface area contributed by atoms with Crippen LogP contribution in [0.2, 0.25) is 0 Å². The average molecular weight is 491 g/mol. The van der Waals surface area contributed by atoms with Gasteiger partial charge in [0.1, 0.15) is 0 Å². The van der Waals surface area contributed by atoms with E-state index in [1.54, 1.807) is 0 Å². The Balaban J connectivity index is 1.52. The van der Waals surface area contributed by atoms with Crippen molar-refractivity contribution < 1.29 is 0 Å². The Kier molecular flexibility index (Phi) is 4.97. The SMILES string of the molecule is Nc1ccccc1C1=C(c2ccccc2N)C2=NC1=CC1=NC(=CC3=NC(=CC4=NC(=C2)C=C4)C=C3)C=C1. The van der Waals surface area contributed by atoms with E-state index in [4.69, 9.17) is 31.4 Å². The van der Waals surface area contributed by atoms with Gasteiger partial charge < -0.3 is 11.5 Å². The molecule has 0 radical (unpaired) electrons. The predicted molar refractivity (Wildman–Crippen MR) is 158 cm³/mol. The Morgan fingerprint density at radius 3 is 1.47 bits per heavy atom. The number of fused-ring (bicyclic) bond motifs is 4. The summed E-state index contributed by atoms with van der Waals surface area (Å²) in [6.07, 6.45) is 19.8. The van der Waals surface area contributed by atoms with Gasteiger partial charge in [0, 0.05) is 33.6 Å². The third-order valence-electron chi connectivity index (χ3n) is 6.67. The van der Waals surface area contributed by atoms with Crippen molar-refractivity contribution in [2.24, 2.45) is 20.0 Å². The van der Waals surface area contributed by atoms with Crippen molar-refractivity contribution in [3.63, 3.8) is 0 Å². The largest absolute Gasteiger partial charge is 0.398 e. The van der Waals surface area contributed by atoms with Crippen molar-refractivity contribution in [3.05, 3.63) is 143 Å². The highest BCUT2D eigenvalue weighted by Crippen LogP contribution is 2.43. The first-order valence-corrected chi connectivity index (χ1v) is 12.3. The number of hydrogen-bond donors (Lipinski definition) is 2. The molecule has 6 heteroatoms. The van der Waals surface area contributed by atoms with Crippen LogP contribution in [-0.4, -0.2) is 22.8 Å². The molecule has 5 aliphatic rings. The highest BCUT2D eigenvalue weighted by molar-refractivity contribution is 6.41. The summed E-state index contributed by atoms with van der Waals surface area (Å²) in [5.74, 6) is 0. The lowest BCUT2D eigenvalue weighted by molar-refractivity contribution is 1.41. The van der Waals surface area contributed by atoms with E-state index in [9.17, 15) is 0 Å². The van der Waals surface area contributed by atoms with Crippen LogP contribution in [0.25, 0.3) is 11.1 Å². The van der Waals surface area contributed by atoms with Crippen LogP contribution in [0.15, 0.2) is 152 Å². The molecule has 2 aromatic carbocycles. The first-order chi connectivity index (χ1) is 18.6. The van der Waals surface area contributed by atoms with Gasteiger partial charge in [-0.05, 0) is 72.9 Å². The minimum Gasteiger partial charge on any atom is -0.398 e. The minimum absolute atomic E-state index is 0.661. The minimum atomic E-state index is 0.661. The van der Waals surface area contributed by atoms with Crippen LogP contribution < -0.4 is 11.5 Å². The van der Waals surface area contributed by atoms with Crippen LogP contribution in [0, 0.1) is 0 Å². The number of rotatable bonds is 2. The molecule has 0 atom stereocenters. The van der Waals surface area contributed by atoms with Crippen LogP contribution in [-0.2, 0) is 0 Å². The topological polar surface area (TPSA) is 101 Å². The van der Waals surface area contributed by atoms with Gasteiger partial charge in [0.15, 0.2) is 0 Å². The van der Waals surface area contributed by atoms with E-state index < -0.39 is 0 Å². The number of nitrogens with zero attached hydrogens (tertiary/aromatic N) is 4. The molecule has 0 spiro atoms. The first kappa shape index (κ1) is 21.9. The Hall–Kier alpha value is -5.36. The predicted octanol–water partition coefficient (Wildman–Crippen LogP) is 5.80. The summed E-state index contributed by atoms with van der Waals surface area (Å²) in [7, 11) is 0. The number of nitrogens with two attached hydrogens (primary N) is 2. The van der Waals surface area contributed by atoms with Crippen LogP contribution in [0.4, 0.5) is 11.4 Å². The molecule has 0 saturated carbocycles. The molecule has 0 unspecified atom stereocenters. The summed E-state index contributed by atoms with van der Waals surface area (Å²) in [6, 6.07) is 15.7. The van der Waals surface area contributed by atoms with Gasteiger partial charge in [-0.3, -0.25) is 0 Å². The highest BCUT2D eigenvalue weighted by atomic mass is 14.9. The van der Waals surface area contributed by atoms with Gasteiger partial charge in [-0.1, -0.05) is 36.4 Å². The fraction of sp³-hybridized carbons (Fsp3) is 0. The summed E-state index contributed by atoms with van der Waals surface area (Å²) in [5.41, 5.74) is 24.4. The third-order valence-corrected chi connectivity index (χ3v) is 6.67. The zero-order chi connectivity index (χ0) is 25.6. The summed E-state index contributed by atoms with van der Waals surface area (Å²) < 4.78 is 0. The molecule has 7 rings (SSSR count). The number of nitrogen functional groups attached to an aromatic ring is 2. The fourth-order valence-corrected chi connectivity index (χ4v) is 4.95. The van der Waals surface area contributed by atoms with Crippen molar-refractivity contribution in [2.45, 2.75) is 0 Å². The third kappa shape index (κ3) is 3.85. The van der Waals surface area contributed by atoms with Gasteiger partial charge in [-0.25, -0.2) is 20.0 Å². The monoisotopic (exact) mass is 490 g/mol. The van der Waals surface area contributed by atoms with Crippen molar-refractivity contribution in [1.29, 1.82) is 0 Å². The molecule has 0 fully saturated rings. The number of benzene rings is 2. The average Bonchev–Trinajstić information content (AvgIpc) is 3.70. The molecule has 8 bridgehead atoms. The van der Waals surface area contributed by atoms with Crippen LogP contribution in [0.1, 0.15) is 11.1 Å². The molecule has 38 heavy (non-hydrogen) atoms. The summed E-state index contributed by atoms with van der Waals surface area (Å²) >= 11 is 0. The molecular formula is C32H22N6. The molecule has 5 aliphatic heterocycles. The normalized spacial score (nSPS) is 19.1. The summed E-state index contributed by atoms with van der Waals surface area (Å²) in [5, 5.41) is 0. The highest BCUT2D eigenvalue weighted by Gasteiger charge is 2.28. The van der Waals surface area contributed by atoms with E-state index >= 15 is 0 Å². The molecular weight excluding hydrogens is 468 g/mol. The molecule has 0 saturated heterocycles. The van der Waals surface area contributed by atoms with Crippen molar-refractivity contribution >= 4 is 45.4 Å². The molecule has 5 heterocycles. The van der Waals surface area contributed by atoms with Gasteiger partial charge in [0.2, 0.25) is 0 Å². The quantitative estimate of drug-likeness (QED) is 0.520. The molecule has 6 nitrogen and oxygen atoms in total. The molecule has 180 valence electrons. The zero-order valence-electron chi connectivity index (χ0n) is 20.3. The second-order valence-electron chi connectivity index (χ2n) is 9.27. The van der Waals surface area contributed by atoms with E-state index in [-0.39, 0.29) is 0 Å². The standard InChI is InChI=1S/C32H22N6/c33-27-7-3-1-5-25(27)31-29-17-23-13-11-21(36-23)15-19-9-10-20(35-19)16-22-12-14-24(37-22)18-30(38-29)32(31)26-6-2-4-8-28(26)34/h1-18H,33-34H2. The van der Waals surface area contributed by atoms with E-state index in [0.717, 1.165) is 67.9 Å². The van der Waals surface area contributed by atoms with E-state index in [1.165, 1.54) is 0 Å². The Morgan fingerprint density at radius 2 is 0.921 bits per heavy atom. The maximum absolute atomic E-state index is 6.53. The molecule has 2 aromatic rings. The fourth-order valence-electron chi connectivity index (χ4n) is 4.95. The second kappa shape index (κ2) is 8.64. The van der Waals surface area contributed by atoms with Crippen LogP contribution in [0.3, 0.4) is 0 Å². The molecule has 0 aliphatic carbocycles. The van der Waals surface area contributed by atoms with Gasteiger partial charge in [0.25, 0.3) is 0 Å². The maximum Gasteiger partial charge on any atom is 0.0744 e. The number of para-hydroxylation sites is 2. The van der Waals surface area contributed by atoms with E-state index in [2.05, 4.69) is 0 Å². The first-order valence-electron chi connectivity index (χ1n) is 12.3. The molecule has 0 aromatic heterocycles. The molecule has 4 N–H and O–H groups in total. The summed E-state index contributed by atoms with van der Waals surface area (Å²) in [4.78, 5) is 19.4. The Bertz CT molecular complexity index is 1810. The lowest BCUT2D eigenvalue weighted by atomic mass is 9.90. The second-order valence-corrected chi connectivity index (χ2v) is 9.27. The molecule has 0 amide bonds. The van der Waals surface area contributed by atoms with Gasteiger partial charge in [-0.2, -0.15) is 0 Å². The van der Waals surface area contributed by atoms with Crippen LogP contribution >= 0.6 is 0 Å². The lowest BCUT2D eigenvalue weighted by Crippen LogP contribution is -2.03. The van der Waals surface area contributed by atoms with E-state index in [1.807, 2.05) is 109 Å². The van der Waals surface area contributed by atoms with Crippen molar-refractivity contribution in [3.8, 4) is 0 Å². The van der Waals surface area contributed by atoms with E-state index in [0.29, 0.717) is 11.4 Å². The Morgan fingerprint density at radius 1 is 0.447 bits per heavy atom. The zero-order valence-corrected chi connectivity index (χ0v) is 20.3. The van der Waals surface area contributed by atoms with Crippen molar-refractivity contribution in [2.75, 3.05) is 11.5 Å². The number of hydrogen-bond acceptors (Lipinski definition) is 6. The van der Waals surface area contributed by atoms with Crippen molar-refractivity contribution in [1.82, 2.24) is 0 Å². The van der Waals surface area contributed by atoms with Gasteiger partial charge >= 0.3 is 0 Å². The van der Waals surface area contributed by atoms with Crippen LogP contribution in [0.5, 0.6) is 0 Å².